The van der Waals surface area contributed by atoms with E-state index in [4.69, 9.17) is 21.1 Å². The van der Waals surface area contributed by atoms with Gasteiger partial charge in [0.05, 0.1) is 18.2 Å². The number of esters is 1. The molecule has 0 radical (unpaired) electrons. The molecule has 0 bridgehead atoms. The number of carbonyl (C=O) groups is 2. The minimum Gasteiger partial charge on any atom is -0.481 e. The number of hydrogen-bond donors (Lipinski definition) is 0. The van der Waals surface area contributed by atoms with Gasteiger partial charge in [0.1, 0.15) is 5.75 Å². The normalized spacial score (nSPS) is 12.0. The molecule has 0 amide bonds. The van der Waals surface area contributed by atoms with Gasteiger partial charge in [0.15, 0.2) is 6.10 Å². The molecule has 6 heteroatoms. The molecule has 0 aliphatic rings. The van der Waals surface area contributed by atoms with Crippen LogP contribution in [0.1, 0.15) is 28.5 Å². The average Bonchev–Trinajstić information content (AvgIpc) is 3.06. The number of rotatable bonds is 5. The Morgan fingerprint density at radius 2 is 1.81 bits per heavy atom. The fraction of sp³-hybridized carbons (Fsp3) is 0.200. The molecule has 0 aliphatic heterocycles. The Balaban J connectivity index is 1.97. The summed E-state index contributed by atoms with van der Waals surface area (Å²) in [6.07, 6.45) is 1.28. The van der Waals surface area contributed by atoms with E-state index in [0.717, 1.165) is 0 Å². The number of benzene rings is 2. The molecule has 1 heterocycles. The second kappa shape index (κ2) is 7.62. The highest BCUT2D eigenvalue weighted by atomic mass is 35.5. The van der Waals surface area contributed by atoms with Gasteiger partial charge < -0.3 is 9.47 Å². The Morgan fingerprint density at radius 1 is 1.12 bits per heavy atom. The van der Waals surface area contributed by atoms with Gasteiger partial charge in [-0.15, -0.1) is 0 Å². The number of halogens is 1. The monoisotopic (exact) mass is 371 g/mol. The maximum absolute atomic E-state index is 13.0. The molecule has 26 heavy (non-hydrogen) atoms. The van der Waals surface area contributed by atoms with Gasteiger partial charge in [-0.05, 0) is 36.8 Å². The molecule has 1 aromatic heterocycles. The highest BCUT2D eigenvalue weighted by molar-refractivity contribution is 6.30. The van der Waals surface area contributed by atoms with Crippen LogP contribution in [0.25, 0.3) is 10.9 Å². The van der Waals surface area contributed by atoms with Crippen LogP contribution in [-0.4, -0.2) is 29.7 Å². The number of para-hydroxylation sites is 1. The maximum atomic E-state index is 13.0. The summed E-state index contributed by atoms with van der Waals surface area (Å²) < 4.78 is 12.1. The first-order chi connectivity index (χ1) is 12.5. The zero-order chi connectivity index (χ0) is 18.7. The molecule has 3 aromatic rings. The smallest absolute Gasteiger partial charge is 0.340 e. The van der Waals surface area contributed by atoms with Crippen LogP contribution in [-0.2, 0) is 4.74 Å². The van der Waals surface area contributed by atoms with Crippen molar-refractivity contribution in [2.75, 3.05) is 7.11 Å². The number of aromatic nitrogens is 1. The van der Waals surface area contributed by atoms with E-state index < -0.39 is 12.1 Å². The zero-order valence-electron chi connectivity index (χ0n) is 14.4. The van der Waals surface area contributed by atoms with Crippen LogP contribution in [0.2, 0.25) is 5.02 Å². The first-order valence-corrected chi connectivity index (χ1v) is 8.57. The molecule has 2 aromatic carbocycles. The predicted molar refractivity (Wildman–Crippen MR) is 100 cm³/mol. The van der Waals surface area contributed by atoms with Crippen LogP contribution >= 0.6 is 11.6 Å². The summed E-state index contributed by atoms with van der Waals surface area (Å²) in [5.74, 6) is -0.188. The van der Waals surface area contributed by atoms with Crippen molar-refractivity contribution in [3.05, 3.63) is 65.3 Å². The summed E-state index contributed by atoms with van der Waals surface area (Å²) in [6.45, 7) is 1.87. The molecule has 0 saturated carbocycles. The molecule has 3 rings (SSSR count). The van der Waals surface area contributed by atoms with E-state index in [1.807, 2.05) is 19.1 Å². The molecule has 0 unspecified atom stereocenters. The van der Waals surface area contributed by atoms with Crippen LogP contribution in [0.3, 0.4) is 0 Å². The lowest BCUT2D eigenvalue weighted by atomic mass is 10.2. The molecule has 5 nitrogen and oxygen atoms in total. The van der Waals surface area contributed by atoms with Crippen LogP contribution in [0.5, 0.6) is 5.75 Å². The van der Waals surface area contributed by atoms with Crippen LogP contribution in [0.15, 0.2) is 54.7 Å². The van der Waals surface area contributed by atoms with Crippen molar-refractivity contribution in [2.24, 2.45) is 0 Å². The highest BCUT2D eigenvalue weighted by Crippen LogP contribution is 2.24. The fourth-order valence-corrected chi connectivity index (χ4v) is 2.90. The largest absolute Gasteiger partial charge is 0.481 e. The number of fused-ring (bicyclic) bond motifs is 1. The van der Waals surface area contributed by atoms with Crippen LogP contribution in [0, 0.1) is 0 Å². The third-order valence-corrected chi connectivity index (χ3v) is 4.34. The summed E-state index contributed by atoms with van der Waals surface area (Å²) in [7, 11) is 1.31. The minimum atomic E-state index is -0.697. The zero-order valence-corrected chi connectivity index (χ0v) is 15.2. The van der Waals surface area contributed by atoms with Crippen LogP contribution < -0.4 is 4.74 Å². The highest BCUT2D eigenvalue weighted by Gasteiger charge is 2.25. The second-order valence-corrected chi connectivity index (χ2v) is 6.16. The quantitative estimate of drug-likeness (QED) is 0.616. The van der Waals surface area contributed by atoms with E-state index in [2.05, 4.69) is 0 Å². The summed E-state index contributed by atoms with van der Waals surface area (Å²) in [4.78, 5) is 25.1. The molecule has 0 aliphatic carbocycles. The van der Waals surface area contributed by atoms with E-state index in [1.165, 1.54) is 17.9 Å². The van der Waals surface area contributed by atoms with Crippen molar-refractivity contribution in [1.82, 2.24) is 4.57 Å². The molecule has 134 valence electrons. The van der Waals surface area contributed by atoms with Crippen molar-refractivity contribution in [2.45, 2.75) is 19.4 Å². The summed E-state index contributed by atoms with van der Waals surface area (Å²) in [6, 6.07) is 14.0. The molecular formula is C20H18ClNO4. The molecule has 0 spiro atoms. The Labute approximate surface area is 156 Å². The average molecular weight is 372 g/mol. The lowest BCUT2D eigenvalue weighted by Gasteiger charge is -2.17. The topological polar surface area (TPSA) is 57.5 Å². The SMILES string of the molecule is CC[C@H](Oc1ccc(Cl)cc1)C(=O)n1cc(C(=O)OC)c2ccccc21. The van der Waals surface area contributed by atoms with Gasteiger partial charge in [-0.1, -0.05) is 36.7 Å². The number of methoxy groups -OCH3 is 1. The Morgan fingerprint density at radius 3 is 2.46 bits per heavy atom. The lowest BCUT2D eigenvalue weighted by molar-refractivity contribution is 0.0602. The fourth-order valence-electron chi connectivity index (χ4n) is 2.78. The van der Waals surface area contributed by atoms with Crippen LogP contribution in [0.4, 0.5) is 0 Å². The Bertz CT molecular complexity index is 946. The third kappa shape index (κ3) is 3.44. The van der Waals surface area contributed by atoms with Crippen molar-refractivity contribution >= 4 is 34.4 Å². The molecule has 0 N–H and O–H groups in total. The third-order valence-electron chi connectivity index (χ3n) is 4.09. The van der Waals surface area contributed by atoms with Crippen molar-refractivity contribution in [3.8, 4) is 5.75 Å². The van der Waals surface area contributed by atoms with E-state index in [0.29, 0.717) is 33.7 Å². The van der Waals surface area contributed by atoms with Gasteiger partial charge in [-0.25, -0.2) is 4.79 Å². The first kappa shape index (κ1) is 18.0. The van der Waals surface area contributed by atoms with Gasteiger partial charge in [-0.2, -0.15) is 0 Å². The predicted octanol–water partition coefficient (Wildman–Crippen LogP) is 4.58. The molecule has 0 saturated heterocycles. The number of ether oxygens (including phenoxy) is 2. The summed E-state index contributed by atoms with van der Waals surface area (Å²) in [5.41, 5.74) is 0.980. The van der Waals surface area contributed by atoms with Gasteiger partial charge in [-0.3, -0.25) is 9.36 Å². The van der Waals surface area contributed by atoms with Crippen molar-refractivity contribution < 1.29 is 19.1 Å². The summed E-state index contributed by atoms with van der Waals surface area (Å²) in [5, 5.41) is 1.25. The molecular weight excluding hydrogens is 354 g/mol. The second-order valence-electron chi connectivity index (χ2n) is 5.73. The Hall–Kier alpha value is -2.79. The standard InChI is InChI=1S/C20H18ClNO4/c1-3-18(26-14-10-8-13(21)9-11-14)19(23)22-12-16(20(24)25-2)15-6-4-5-7-17(15)22/h4-12,18H,3H2,1-2H3/t18-/m0/s1. The van der Waals surface area contributed by atoms with E-state index in [1.54, 1.807) is 36.4 Å². The summed E-state index contributed by atoms with van der Waals surface area (Å²) >= 11 is 5.88. The van der Waals surface area contributed by atoms with E-state index in [-0.39, 0.29) is 5.91 Å². The lowest BCUT2D eigenvalue weighted by Crippen LogP contribution is -2.31. The Kier molecular flexibility index (Phi) is 5.28. The number of nitrogens with zero attached hydrogens (tertiary/aromatic N) is 1. The maximum Gasteiger partial charge on any atom is 0.340 e. The molecule has 1 atom stereocenters. The number of carbonyl (C=O) groups excluding carboxylic acids is 2. The van der Waals surface area contributed by atoms with Crippen molar-refractivity contribution in [1.29, 1.82) is 0 Å². The van der Waals surface area contributed by atoms with E-state index >= 15 is 0 Å². The van der Waals surface area contributed by atoms with Gasteiger partial charge in [0.2, 0.25) is 0 Å². The van der Waals surface area contributed by atoms with Gasteiger partial charge in [0.25, 0.3) is 5.91 Å². The minimum absolute atomic E-state index is 0.256. The van der Waals surface area contributed by atoms with Crippen molar-refractivity contribution in [3.63, 3.8) is 0 Å². The molecule has 0 fully saturated rings. The van der Waals surface area contributed by atoms with Gasteiger partial charge >= 0.3 is 5.97 Å². The van der Waals surface area contributed by atoms with E-state index in [9.17, 15) is 9.59 Å². The first-order valence-electron chi connectivity index (χ1n) is 8.20. The van der Waals surface area contributed by atoms with Gasteiger partial charge in [0, 0.05) is 16.6 Å². The number of hydrogen-bond acceptors (Lipinski definition) is 4.